The third-order valence-electron chi connectivity index (χ3n) is 5.48. The van der Waals surface area contributed by atoms with Crippen LogP contribution in [0.1, 0.15) is 11.1 Å². The maximum Gasteiger partial charge on any atom is 0.246 e. The van der Waals surface area contributed by atoms with Gasteiger partial charge < -0.3 is 14.4 Å². The minimum atomic E-state index is -0.128. The van der Waals surface area contributed by atoms with Crippen molar-refractivity contribution in [3.8, 4) is 28.4 Å². The number of benzene rings is 3. The summed E-state index contributed by atoms with van der Waals surface area (Å²) in [7, 11) is 4.95. The van der Waals surface area contributed by atoms with E-state index in [2.05, 4.69) is 0 Å². The van der Waals surface area contributed by atoms with Crippen molar-refractivity contribution < 1.29 is 14.3 Å². The molecule has 0 aliphatic carbocycles. The van der Waals surface area contributed by atoms with Crippen LogP contribution < -0.4 is 9.47 Å². The van der Waals surface area contributed by atoms with Crippen LogP contribution in [0.4, 0.5) is 0 Å². The first-order valence-corrected chi connectivity index (χ1v) is 10.9. The first-order valence-electron chi connectivity index (χ1n) is 10.9. The Morgan fingerprint density at radius 3 is 2.32 bits per heavy atom. The van der Waals surface area contributed by atoms with E-state index >= 15 is 0 Å². The molecule has 34 heavy (non-hydrogen) atoms. The molecule has 4 aromatic rings. The molecule has 0 N–H and O–H groups in total. The van der Waals surface area contributed by atoms with Crippen LogP contribution in [-0.4, -0.2) is 41.9 Å². The number of carbonyl (C=O) groups excluding carboxylic acids is 1. The second-order valence-electron chi connectivity index (χ2n) is 7.76. The van der Waals surface area contributed by atoms with Gasteiger partial charge in [-0.25, -0.2) is 4.68 Å². The molecule has 0 saturated carbocycles. The molecule has 0 unspecified atom stereocenters. The van der Waals surface area contributed by atoms with Gasteiger partial charge in [-0.1, -0.05) is 60.7 Å². The molecule has 0 fully saturated rings. The standard InChI is InChI=1S/C28H27N3O3/c1-30(26(32)18-17-22-13-10-16-25(33-2)28(22)34-3)19-23-20-31(24-14-8-5-9-15-24)29-27(23)21-11-6-4-7-12-21/h4-18,20H,19H2,1-3H3. The van der Waals surface area contributed by atoms with E-state index in [4.69, 9.17) is 14.6 Å². The van der Waals surface area contributed by atoms with Crippen molar-refractivity contribution >= 4 is 12.0 Å². The van der Waals surface area contributed by atoms with Gasteiger partial charge in [0.05, 0.1) is 25.6 Å². The second kappa shape index (κ2) is 10.5. The summed E-state index contributed by atoms with van der Waals surface area (Å²) < 4.78 is 12.6. The summed E-state index contributed by atoms with van der Waals surface area (Å²) >= 11 is 0. The van der Waals surface area contributed by atoms with Crippen molar-refractivity contribution in [1.82, 2.24) is 14.7 Å². The lowest BCUT2D eigenvalue weighted by atomic mass is 10.1. The lowest BCUT2D eigenvalue weighted by Crippen LogP contribution is -2.24. The van der Waals surface area contributed by atoms with Gasteiger partial charge in [0.2, 0.25) is 5.91 Å². The smallest absolute Gasteiger partial charge is 0.246 e. The van der Waals surface area contributed by atoms with Crippen LogP contribution >= 0.6 is 0 Å². The van der Waals surface area contributed by atoms with E-state index in [1.807, 2.05) is 89.7 Å². The first kappa shape index (κ1) is 22.9. The van der Waals surface area contributed by atoms with Gasteiger partial charge >= 0.3 is 0 Å². The summed E-state index contributed by atoms with van der Waals surface area (Å²) in [6.07, 6.45) is 5.27. The van der Waals surface area contributed by atoms with Crippen LogP contribution in [0.3, 0.4) is 0 Å². The Kier molecular flexibility index (Phi) is 7.08. The minimum absolute atomic E-state index is 0.128. The number of nitrogens with zero attached hydrogens (tertiary/aromatic N) is 3. The summed E-state index contributed by atoms with van der Waals surface area (Å²) in [5, 5.41) is 4.83. The monoisotopic (exact) mass is 453 g/mol. The molecule has 3 aromatic carbocycles. The van der Waals surface area contributed by atoms with Crippen molar-refractivity contribution in [3.05, 3.63) is 102 Å². The highest BCUT2D eigenvalue weighted by Crippen LogP contribution is 2.31. The van der Waals surface area contributed by atoms with E-state index in [0.717, 1.165) is 28.1 Å². The molecule has 0 bridgehead atoms. The second-order valence-corrected chi connectivity index (χ2v) is 7.76. The Morgan fingerprint density at radius 1 is 0.941 bits per heavy atom. The lowest BCUT2D eigenvalue weighted by Gasteiger charge is -2.15. The topological polar surface area (TPSA) is 56.6 Å². The molecular formula is C28H27N3O3. The Balaban J connectivity index is 1.59. The van der Waals surface area contributed by atoms with Gasteiger partial charge in [0, 0.05) is 42.6 Å². The minimum Gasteiger partial charge on any atom is -0.493 e. The van der Waals surface area contributed by atoms with E-state index in [1.165, 1.54) is 0 Å². The maximum atomic E-state index is 12.9. The van der Waals surface area contributed by atoms with Gasteiger partial charge in [-0.3, -0.25) is 4.79 Å². The summed E-state index contributed by atoms with van der Waals surface area (Å²) in [4.78, 5) is 14.6. The number of amides is 1. The van der Waals surface area contributed by atoms with Crippen molar-refractivity contribution in [2.45, 2.75) is 6.54 Å². The third kappa shape index (κ3) is 5.02. The highest BCUT2D eigenvalue weighted by atomic mass is 16.5. The summed E-state index contributed by atoms with van der Waals surface area (Å²) in [6, 6.07) is 25.5. The molecule has 0 aliphatic heterocycles. The molecular weight excluding hydrogens is 426 g/mol. The van der Waals surface area contributed by atoms with Crippen LogP contribution in [0, 0.1) is 0 Å². The molecule has 6 heteroatoms. The van der Waals surface area contributed by atoms with Crippen LogP contribution in [-0.2, 0) is 11.3 Å². The zero-order valence-corrected chi connectivity index (χ0v) is 19.5. The number of likely N-dealkylation sites (N-methyl/N-ethyl adjacent to an activating group) is 1. The molecule has 0 spiro atoms. The van der Waals surface area contributed by atoms with Gasteiger partial charge in [-0.2, -0.15) is 5.10 Å². The molecule has 172 valence electrons. The highest BCUT2D eigenvalue weighted by molar-refractivity contribution is 5.92. The lowest BCUT2D eigenvalue weighted by molar-refractivity contribution is -0.125. The van der Waals surface area contributed by atoms with Crippen LogP contribution in [0.5, 0.6) is 11.5 Å². The Labute approximate surface area is 199 Å². The van der Waals surface area contributed by atoms with Crippen LogP contribution in [0.25, 0.3) is 23.0 Å². The van der Waals surface area contributed by atoms with Crippen molar-refractivity contribution in [3.63, 3.8) is 0 Å². The molecule has 0 saturated heterocycles. The van der Waals surface area contributed by atoms with Gasteiger partial charge in [-0.05, 0) is 24.3 Å². The van der Waals surface area contributed by atoms with Gasteiger partial charge in [0.25, 0.3) is 0 Å². The van der Waals surface area contributed by atoms with Gasteiger partial charge in [0.1, 0.15) is 0 Å². The van der Waals surface area contributed by atoms with Crippen LogP contribution in [0.2, 0.25) is 0 Å². The number of rotatable bonds is 8. The van der Waals surface area contributed by atoms with Crippen molar-refractivity contribution in [2.75, 3.05) is 21.3 Å². The number of aromatic nitrogens is 2. The van der Waals surface area contributed by atoms with Gasteiger partial charge in [0.15, 0.2) is 11.5 Å². The fraction of sp³-hybridized carbons (Fsp3) is 0.143. The average molecular weight is 454 g/mol. The van der Waals surface area contributed by atoms with Crippen molar-refractivity contribution in [2.24, 2.45) is 0 Å². The average Bonchev–Trinajstić information content (AvgIpc) is 3.31. The number of methoxy groups -OCH3 is 2. The van der Waals surface area contributed by atoms with Crippen LogP contribution in [0.15, 0.2) is 91.1 Å². The number of hydrogen-bond donors (Lipinski definition) is 0. The zero-order chi connectivity index (χ0) is 23.9. The summed E-state index contributed by atoms with van der Waals surface area (Å²) in [5.74, 6) is 1.08. The Morgan fingerprint density at radius 2 is 1.65 bits per heavy atom. The maximum absolute atomic E-state index is 12.9. The van der Waals surface area contributed by atoms with E-state index in [0.29, 0.717) is 18.0 Å². The van der Waals surface area contributed by atoms with Crippen molar-refractivity contribution in [1.29, 1.82) is 0 Å². The molecule has 1 heterocycles. The molecule has 0 radical (unpaired) electrons. The first-order chi connectivity index (χ1) is 16.6. The fourth-order valence-corrected chi connectivity index (χ4v) is 3.74. The predicted molar refractivity (Wildman–Crippen MR) is 134 cm³/mol. The largest absolute Gasteiger partial charge is 0.493 e. The summed E-state index contributed by atoms with van der Waals surface area (Å²) in [6.45, 7) is 0.412. The fourth-order valence-electron chi connectivity index (χ4n) is 3.74. The molecule has 4 rings (SSSR count). The number of carbonyl (C=O) groups is 1. The number of hydrogen-bond acceptors (Lipinski definition) is 4. The number of para-hydroxylation sites is 2. The molecule has 0 aliphatic rings. The zero-order valence-electron chi connectivity index (χ0n) is 19.5. The predicted octanol–water partition coefficient (Wildman–Crippen LogP) is 5.23. The Hall–Kier alpha value is -4.32. The molecule has 6 nitrogen and oxygen atoms in total. The van der Waals surface area contributed by atoms with Gasteiger partial charge in [-0.15, -0.1) is 0 Å². The Bertz CT molecular complexity index is 1280. The normalized spacial score (nSPS) is 10.9. The number of ether oxygens (including phenoxy) is 2. The van der Waals surface area contributed by atoms with E-state index in [9.17, 15) is 4.79 Å². The SMILES string of the molecule is COc1cccc(C=CC(=O)N(C)Cc2cn(-c3ccccc3)nc2-c2ccccc2)c1OC. The van der Waals surface area contributed by atoms with E-state index in [-0.39, 0.29) is 5.91 Å². The van der Waals surface area contributed by atoms with E-state index in [1.54, 1.807) is 38.3 Å². The molecule has 1 amide bonds. The molecule has 1 aromatic heterocycles. The molecule has 0 atom stereocenters. The third-order valence-corrected chi connectivity index (χ3v) is 5.48. The quantitative estimate of drug-likeness (QED) is 0.343. The van der Waals surface area contributed by atoms with E-state index < -0.39 is 0 Å². The summed E-state index contributed by atoms with van der Waals surface area (Å²) in [5.41, 5.74) is 4.54. The highest BCUT2D eigenvalue weighted by Gasteiger charge is 2.16.